The van der Waals surface area contributed by atoms with Crippen molar-refractivity contribution in [1.82, 2.24) is 9.88 Å². The minimum absolute atomic E-state index is 0.0908. The Morgan fingerprint density at radius 1 is 1.12 bits per heavy atom. The van der Waals surface area contributed by atoms with Gasteiger partial charge in [-0.1, -0.05) is 38.2 Å². The Morgan fingerprint density at radius 3 is 2.64 bits per heavy atom. The lowest BCUT2D eigenvalue weighted by atomic mass is 9.91. The van der Waals surface area contributed by atoms with Gasteiger partial charge in [0.25, 0.3) is 5.91 Å². The number of carbonyl (C=O) groups is 2. The third-order valence-electron chi connectivity index (χ3n) is 7.15. The van der Waals surface area contributed by atoms with Crippen LogP contribution in [0.15, 0.2) is 41.8 Å². The molecule has 0 radical (unpaired) electrons. The van der Waals surface area contributed by atoms with Gasteiger partial charge in [0.1, 0.15) is 17.0 Å². The summed E-state index contributed by atoms with van der Waals surface area (Å²) >= 11 is 1.62. The fourth-order valence-electron chi connectivity index (χ4n) is 5.31. The van der Waals surface area contributed by atoms with Crippen LogP contribution in [0.5, 0.6) is 5.75 Å². The highest BCUT2D eigenvalue weighted by molar-refractivity contribution is 7.17. The summed E-state index contributed by atoms with van der Waals surface area (Å²) in [6.07, 6.45) is 8.00. The van der Waals surface area contributed by atoms with Crippen molar-refractivity contribution in [2.24, 2.45) is 0 Å². The summed E-state index contributed by atoms with van der Waals surface area (Å²) in [6, 6.07) is 11.6. The smallest absolute Gasteiger partial charge is 0.275 e. The zero-order valence-corrected chi connectivity index (χ0v) is 20.1. The average molecular weight is 466 g/mol. The van der Waals surface area contributed by atoms with Gasteiger partial charge in [-0.2, -0.15) is 0 Å². The number of benzene rings is 1. The van der Waals surface area contributed by atoms with Crippen LogP contribution in [0.2, 0.25) is 0 Å². The first-order chi connectivity index (χ1) is 16.0. The second-order valence-electron chi connectivity index (χ2n) is 9.42. The van der Waals surface area contributed by atoms with Crippen LogP contribution in [-0.2, 0) is 11.3 Å². The lowest BCUT2D eigenvalue weighted by molar-refractivity contribution is -0.127. The Kier molecular flexibility index (Phi) is 5.91. The average Bonchev–Trinajstić information content (AvgIpc) is 3.38. The summed E-state index contributed by atoms with van der Waals surface area (Å²) in [6.45, 7) is 2.30. The first-order valence-corrected chi connectivity index (χ1v) is 12.8. The molecule has 0 spiro atoms. The van der Waals surface area contributed by atoms with E-state index < -0.39 is 5.54 Å². The molecule has 3 aromatic rings. The lowest BCUT2D eigenvalue weighted by Gasteiger charge is -2.44. The largest absolute Gasteiger partial charge is 0.497 e. The molecule has 0 bridgehead atoms. The number of rotatable bonds is 4. The van der Waals surface area contributed by atoms with Crippen LogP contribution in [0.3, 0.4) is 0 Å². The maximum absolute atomic E-state index is 13.9. The molecule has 33 heavy (non-hydrogen) atoms. The minimum Gasteiger partial charge on any atom is -0.497 e. The van der Waals surface area contributed by atoms with Crippen molar-refractivity contribution in [2.75, 3.05) is 12.0 Å². The molecule has 6 nitrogen and oxygen atoms in total. The number of hydrogen-bond acceptors (Lipinski definition) is 4. The number of hydrogen-bond donors (Lipinski definition) is 1. The lowest BCUT2D eigenvalue weighted by Crippen LogP contribution is -2.65. The molecule has 1 fully saturated rings. The molecule has 1 saturated carbocycles. The molecule has 5 rings (SSSR count). The zero-order chi connectivity index (χ0) is 23.0. The molecule has 2 aromatic heterocycles. The summed E-state index contributed by atoms with van der Waals surface area (Å²) in [5.41, 5.74) is 1.24. The van der Waals surface area contributed by atoms with Gasteiger partial charge < -0.3 is 14.6 Å². The van der Waals surface area contributed by atoms with Crippen molar-refractivity contribution in [2.45, 2.75) is 70.0 Å². The molecular weight excluding hydrogens is 434 g/mol. The van der Waals surface area contributed by atoms with Crippen LogP contribution in [-0.4, -0.2) is 35.1 Å². The molecule has 174 valence electrons. The second kappa shape index (κ2) is 8.86. The topological polar surface area (TPSA) is 63.6 Å². The maximum Gasteiger partial charge on any atom is 0.275 e. The van der Waals surface area contributed by atoms with Crippen molar-refractivity contribution in [3.8, 4) is 5.75 Å². The minimum atomic E-state index is -1.06. The molecule has 1 aliphatic heterocycles. The first kappa shape index (κ1) is 22.0. The summed E-state index contributed by atoms with van der Waals surface area (Å²) in [5, 5.41) is 5.37. The number of carbonyl (C=O) groups excluding carboxylic acids is 2. The Balaban J connectivity index is 1.55. The van der Waals surface area contributed by atoms with E-state index in [0.29, 0.717) is 23.7 Å². The van der Waals surface area contributed by atoms with Gasteiger partial charge in [0, 0.05) is 17.8 Å². The van der Waals surface area contributed by atoms with E-state index in [4.69, 9.17) is 4.74 Å². The molecular formula is C26H31N3O3S. The number of aromatic nitrogens is 1. The molecule has 1 aliphatic carbocycles. The number of anilines is 1. The van der Waals surface area contributed by atoms with Crippen LogP contribution in [0, 0.1) is 0 Å². The van der Waals surface area contributed by atoms with E-state index in [0.717, 1.165) is 35.9 Å². The number of ether oxygens (including phenoxy) is 1. The van der Waals surface area contributed by atoms with Gasteiger partial charge in [0.15, 0.2) is 0 Å². The van der Waals surface area contributed by atoms with Crippen LogP contribution >= 0.6 is 11.3 Å². The van der Waals surface area contributed by atoms with E-state index in [1.807, 2.05) is 53.3 Å². The van der Waals surface area contributed by atoms with Gasteiger partial charge in [-0.15, -0.1) is 11.3 Å². The van der Waals surface area contributed by atoms with Crippen LogP contribution in [0.4, 0.5) is 5.69 Å². The van der Waals surface area contributed by atoms with Crippen molar-refractivity contribution >= 4 is 39.1 Å². The van der Waals surface area contributed by atoms with E-state index in [9.17, 15) is 9.59 Å². The fourth-order valence-corrected chi connectivity index (χ4v) is 6.13. The first-order valence-electron chi connectivity index (χ1n) is 11.9. The Bertz CT molecular complexity index is 1170. The van der Waals surface area contributed by atoms with E-state index in [2.05, 4.69) is 5.32 Å². The predicted molar refractivity (Wildman–Crippen MR) is 132 cm³/mol. The van der Waals surface area contributed by atoms with Gasteiger partial charge in [0.05, 0.1) is 23.9 Å². The second-order valence-corrected chi connectivity index (χ2v) is 10.4. The highest BCUT2D eigenvalue weighted by Crippen LogP contribution is 2.38. The van der Waals surface area contributed by atoms with E-state index in [-0.39, 0.29) is 17.9 Å². The summed E-state index contributed by atoms with van der Waals surface area (Å²) < 4.78 is 8.50. The number of nitrogens with zero attached hydrogens (tertiary/aromatic N) is 2. The molecule has 2 amide bonds. The van der Waals surface area contributed by atoms with Crippen molar-refractivity contribution in [3.63, 3.8) is 0 Å². The Labute approximate surface area is 198 Å². The zero-order valence-electron chi connectivity index (χ0n) is 19.3. The van der Waals surface area contributed by atoms with Gasteiger partial charge in [-0.05, 0) is 49.4 Å². The number of nitrogens with one attached hydrogen (secondary N) is 1. The molecule has 0 unspecified atom stereocenters. The highest BCUT2D eigenvalue weighted by atomic mass is 32.1. The van der Waals surface area contributed by atoms with Gasteiger partial charge in [-0.25, -0.2) is 0 Å². The van der Waals surface area contributed by atoms with E-state index in [1.165, 1.54) is 19.3 Å². The number of amides is 2. The Hall–Kier alpha value is -2.80. The van der Waals surface area contributed by atoms with Gasteiger partial charge >= 0.3 is 0 Å². The molecule has 7 heteroatoms. The Morgan fingerprint density at radius 2 is 1.88 bits per heavy atom. The van der Waals surface area contributed by atoms with E-state index in [1.54, 1.807) is 23.3 Å². The van der Waals surface area contributed by atoms with Crippen LogP contribution < -0.4 is 15.0 Å². The number of methoxy groups -OCH3 is 1. The third kappa shape index (κ3) is 3.92. The fraction of sp³-hybridized carbons (Fsp3) is 0.462. The molecule has 0 saturated heterocycles. The summed E-state index contributed by atoms with van der Waals surface area (Å²) in [7, 11) is 1.61. The number of thiophene rings is 1. The normalized spacial score (nSPS) is 22.0. The third-order valence-corrected chi connectivity index (χ3v) is 8.00. The molecule has 2 aliphatic rings. The van der Waals surface area contributed by atoms with Crippen LogP contribution in [0.25, 0.3) is 10.2 Å². The predicted octanol–water partition coefficient (Wildman–Crippen LogP) is 5.36. The van der Waals surface area contributed by atoms with Gasteiger partial charge in [0.2, 0.25) is 5.91 Å². The number of fused-ring (bicyclic) bond motifs is 3. The SMILES string of the molecule is COc1cccc(N2C(=O)c3cc4sccc4n3C[C@@]2(C)C(=O)NC2CCCCCCC2)c1. The molecule has 1 N–H and O–H groups in total. The summed E-state index contributed by atoms with van der Waals surface area (Å²) in [4.78, 5) is 29.5. The highest BCUT2D eigenvalue weighted by Gasteiger charge is 2.49. The quantitative estimate of drug-likeness (QED) is 0.564. The van der Waals surface area contributed by atoms with Crippen molar-refractivity contribution < 1.29 is 14.3 Å². The monoisotopic (exact) mass is 465 g/mol. The van der Waals surface area contributed by atoms with Crippen molar-refractivity contribution in [1.29, 1.82) is 0 Å². The molecule has 1 atom stereocenters. The van der Waals surface area contributed by atoms with Gasteiger partial charge in [-0.3, -0.25) is 14.5 Å². The van der Waals surface area contributed by atoms with Crippen molar-refractivity contribution in [3.05, 3.63) is 47.5 Å². The van der Waals surface area contributed by atoms with Crippen LogP contribution in [0.1, 0.15) is 62.4 Å². The molecule has 1 aromatic carbocycles. The maximum atomic E-state index is 13.9. The van der Waals surface area contributed by atoms with E-state index >= 15 is 0 Å². The summed E-state index contributed by atoms with van der Waals surface area (Å²) in [5.74, 6) is 0.408. The molecule has 3 heterocycles. The standard InChI is InChI=1S/C26H31N3O3S/c1-26(25(31)27-18-9-6-4-3-5-7-10-18)17-28-21-13-14-33-23(21)16-22(28)24(30)29(26)19-11-8-12-20(15-19)32-2/h8,11-16,18H,3-7,9-10,17H2,1-2H3,(H,27,31)/t26-/m0/s1.